The van der Waals surface area contributed by atoms with E-state index in [9.17, 15) is 4.39 Å². The summed E-state index contributed by atoms with van der Waals surface area (Å²) in [7, 11) is 1.82. The number of nitrogens with zero attached hydrogens (tertiary/aromatic N) is 3. The fourth-order valence-corrected chi connectivity index (χ4v) is 3.55. The quantitative estimate of drug-likeness (QED) is 0.354. The second-order valence-corrected chi connectivity index (χ2v) is 6.92. The molecule has 1 saturated heterocycles. The Balaban J connectivity index is 1.32. The molecule has 0 amide bonds. The zero-order chi connectivity index (χ0) is 18.2. The molecule has 0 aromatic heterocycles. The number of aliphatic imine (C=N–C) groups is 1. The van der Waals surface area contributed by atoms with Crippen LogP contribution in [0.3, 0.4) is 0 Å². The fourth-order valence-electron chi connectivity index (χ4n) is 3.55. The third kappa shape index (κ3) is 5.21. The maximum atomic E-state index is 13.9. The number of halogens is 1. The Morgan fingerprint density at radius 2 is 1.88 bits per heavy atom. The SMILES string of the molecule is CN=C(NCCCN1CCN(c2ccccc2F)CC1)NC1CC=CC1. The number of hydrogen-bond acceptors (Lipinski definition) is 3. The number of benzene rings is 1. The highest BCUT2D eigenvalue weighted by atomic mass is 19.1. The summed E-state index contributed by atoms with van der Waals surface area (Å²) in [6, 6.07) is 7.53. The first kappa shape index (κ1) is 18.7. The maximum Gasteiger partial charge on any atom is 0.191 e. The van der Waals surface area contributed by atoms with Crippen molar-refractivity contribution in [1.82, 2.24) is 15.5 Å². The largest absolute Gasteiger partial charge is 0.367 e. The maximum absolute atomic E-state index is 13.9. The highest BCUT2D eigenvalue weighted by Crippen LogP contribution is 2.20. The van der Waals surface area contributed by atoms with Gasteiger partial charge in [-0.2, -0.15) is 0 Å². The minimum Gasteiger partial charge on any atom is -0.367 e. The summed E-state index contributed by atoms with van der Waals surface area (Å²) >= 11 is 0. The minimum atomic E-state index is -0.124. The molecule has 0 saturated carbocycles. The van der Waals surface area contributed by atoms with Gasteiger partial charge < -0.3 is 15.5 Å². The fraction of sp³-hybridized carbons (Fsp3) is 0.550. The first-order valence-electron chi connectivity index (χ1n) is 9.60. The van der Waals surface area contributed by atoms with Crippen LogP contribution in [0.1, 0.15) is 19.3 Å². The van der Waals surface area contributed by atoms with Crippen molar-refractivity contribution in [2.24, 2.45) is 4.99 Å². The molecule has 0 unspecified atom stereocenters. The van der Waals surface area contributed by atoms with Gasteiger partial charge in [0.25, 0.3) is 0 Å². The third-order valence-electron chi connectivity index (χ3n) is 5.08. The number of rotatable bonds is 6. The molecule has 2 N–H and O–H groups in total. The molecule has 1 aliphatic carbocycles. The van der Waals surface area contributed by atoms with E-state index in [1.165, 1.54) is 6.07 Å². The van der Waals surface area contributed by atoms with Gasteiger partial charge in [0.05, 0.1) is 5.69 Å². The van der Waals surface area contributed by atoms with Gasteiger partial charge >= 0.3 is 0 Å². The monoisotopic (exact) mass is 359 g/mol. The van der Waals surface area contributed by atoms with E-state index < -0.39 is 0 Å². The Labute approximate surface area is 156 Å². The van der Waals surface area contributed by atoms with Crippen LogP contribution in [0.15, 0.2) is 41.4 Å². The van der Waals surface area contributed by atoms with Crippen molar-refractivity contribution in [2.45, 2.75) is 25.3 Å². The summed E-state index contributed by atoms with van der Waals surface area (Å²) in [5, 5.41) is 6.86. The van der Waals surface area contributed by atoms with Gasteiger partial charge in [0, 0.05) is 45.8 Å². The number of hydrogen-bond donors (Lipinski definition) is 2. The molecule has 1 aliphatic heterocycles. The topological polar surface area (TPSA) is 42.9 Å². The van der Waals surface area contributed by atoms with E-state index in [4.69, 9.17) is 0 Å². The van der Waals surface area contributed by atoms with Crippen LogP contribution in [-0.2, 0) is 0 Å². The molecule has 2 aliphatic rings. The number of guanidine groups is 1. The Kier molecular flexibility index (Phi) is 6.89. The van der Waals surface area contributed by atoms with Crippen LogP contribution < -0.4 is 15.5 Å². The molecule has 142 valence electrons. The molecular formula is C20H30FN5. The third-order valence-corrected chi connectivity index (χ3v) is 5.08. The number of anilines is 1. The summed E-state index contributed by atoms with van der Waals surface area (Å²) in [5.41, 5.74) is 0.727. The molecule has 3 rings (SSSR count). The number of para-hydroxylation sites is 1. The van der Waals surface area contributed by atoms with Gasteiger partial charge in [-0.15, -0.1) is 0 Å². The average Bonchev–Trinajstić information content (AvgIpc) is 3.18. The average molecular weight is 359 g/mol. The number of nitrogens with one attached hydrogen (secondary N) is 2. The van der Waals surface area contributed by atoms with Gasteiger partial charge in [0.2, 0.25) is 0 Å². The van der Waals surface area contributed by atoms with Crippen molar-refractivity contribution in [2.75, 3.05) is 51.2 Å². The Morgan fingerprint density at radius 1 is 1.15 bits per heavy atom. The predicted octanol–water partition coefficient (Wildman–Crippen LogP) is 2.22. The van der Waals surface area contributed by atoms with Crippen LogP contribution in [0.4, 0.5) is 10.1 Å². The predicted molar refractivity (Wildman–Crippen MR) is 106 cm³/mol. The van der Waals surface area contributed by atoms with Crippen molar-refractivity contribution in [1.29, 1.82) is 0 Å². The van der Waals surface area contributed by atoms with Gasteiger partial charge in [-0.3, -0.25) is 9.89 Å². The van der Waals surface area contributed by atoms with E-state index in [2.05, 4.69) is 37.6 Å². The molecule has 1 fully saturated rings. The van der Waals surface area contributed by atoms with Gasteiger partial charge in [-0.05, 0) is 37.9 Å². The summed E-state index contributed by atoms with van der Waals surface area (Å²) in [5.74, 6) is 0.768. The van der Waals surface area contributed by atoms with Crippen LogP contribution in [0.25, 0.3) is 0 Å². The van der Waals surface area contributed by atoms with Crippen LogP contribution >= 0.6 is 0 Å². The van der Waals surface area contributed by atoms with E-state index in [1.54, 1.807) is 6.07 Å². The van der Waals surface area contributed by atoms with E-state index in [0.29, 0.717) is 6.04 Å². The van der Waals surface area contributed by atoms with Crippen molar-refractivity contribution in [3.8, 4) is 0 Å². The van der Waals surface area contributed by atoms with Gasteiger partial charge in [-0.1, -0.05) is 24.3 Å². The second-order valence-electron chi connectivity index (χ2n) is 6.92. The van der Waals surface area contributed by atoms with Crippen LogP contribution in [0.2, 0.25) is 0 Å². The normalized spacial score (nSPS) is 19.2. The lowest BCUT2D eigenvalue weighted by atomic mass is 10.2. The molecule has 0 spiro atoms. The molecular weight excluding hydrogens is 329 g/mol. The van der Waals surface area contributed by atoms with Crippen molar-refractivity contribution in [3.05, 3.63) is 42.2 Å². The second kappa shape index (κ2) is 9.57. The summed E-state index contributed by atoms with van der Waals surface area (Å²) in [6.07, 6.45) is 7.65. The molecule has 26 heavy (non-hydrogen) atoms. The molecule has 1 heterocycles. The van der Waals surface area contributed by atoms with E-state index >= 15 is 0 Å². The Hall–Kier alpha value is -2.08. The molecule has 5 nitrogen and oxygen atoms in total. The van der Waals surface area contributed by atoms with Gasteiger partial charge in [-0.25, -0.2) is 4.39 Å². The first-order chi connectivity index (χ1) is 12.8. The van der Waals surface area contributed by atoms with E-state index in [-0.39, 0.29) is 5.82 Å². The smallest absolute Gasteiger partial charge is 0.191 e. The van der Waals surface area contributed by atoms with Gasteiger partial charge in [0.1, 0.15) is 5.82 Å². The molecule has 6 heteroatoms. The molecule has 1 aromatic rings. The molecule has 0 atom stereocenters. The molecule has 0 radical (unpaired) electrons. The summed E-state index contributed by atoms with van der Waals surface area (Å²) in [6.45, 7) is 5.69. The van der Waals surface area contributed by atoms with Crippen molar-refractivity contribution in [3.63, 3.8) is 0 Å². The Bertz CT molecular complexity index is 614. The standard InChI is InChI=1S/C20H30FN5/c1-22-20(24-17-7-2-3-8-17)23-11-6-12-25-13-15-26(16-14-25)19-10-5-4-9-18(19)21/h2-5,9-10,17H,6-8,11-16H2,1H3,(H2,22,23,24). The van der Waals surface area contributed by atoms with E-state index in [1.807, 2.05) is 19.2 Å². The van der Waals surface area contributed by atoms with Gasteiger partial charge in [0.15, 0.2) is 5.96 Å². The minimum absolute atomic E-state index is 0.124. The lowest BCUT2D eigenvalue weighted by Crippen LogP contribution is -2.47. The van der Waals surface area contributed by atoms with Crippen LogP contribution in [0.5, 0.6) is 0 Å². The molecule has 0 bridgehead atoms. The van der Waals surface area contributed by atoms with Crippen molar-refractivity contribution < 1.29 is 4.39 Å². The Morgan fingerprint density at radius 3 is 2.58 bits per heavy atom. The number of piperazine rings is 1. The lowest BCUT2D eigenvalue weighted by Gasteiger charge is -2.36. The zero-order valence-electron chi connectivity index (χ0n) is 15.6. The summed E-state index contributed by atoms with van der Waals surface area (Å²) in [4.78, 5) is 8.90. The van der Waals surface area contributed by atoms with Crippen LogP contribution in [-0.4, -0.2) is 63.2 Å². The summed E-state index contributed by atoms with van der Waals surface area (Å²) < 4.78 is 13.9. The zero-order valence-corrected chi connectivity index (χ0v) is 15.6. The highest BCUT2D eigenvalue weighted by Gasteiger charge is 2.18. The highest BCUT2D eigenvalue weighted by molar-refractivity contribution is 5.80. The van der Waals surface area contributed by atoms with Crippen molar-refractivity contribution >= 4 is 11.6 Å². The lowest BCUT2D eigenvalue weighted by molar-refractivity contribution is 0.254. The first-order valence-corrected chi connectivity index (χ1v) is 9.60. The van der Waals surface area contributed by atoms with Crippen LogP contribution in [0, 0.1) is 5.82 Å². The van der Waals surface area contributed by atoms with E-state index in [0.717, 1.165) is 70.2 Å². The molecule has 1 aromatic carbocycles.